The zero-order chi connectivity index (χ0) is 14.9. The van der Waals surface area contributed by atoms with Crippen molar-refractivity contribution in [3.05, 3.63) is 29.6 Å². The molecule has 0 amide bonds. The number of hydrogen-bond donors (Lipinski definition) is 2. The first-order chi connectivity index (χ1) is 9.31. The Morgan fingerprint density at radius 3 is 2.75 bits per heavy atom. The highest BCUT2D eigenvalue weighted by atomic mass is 19.1. The molecule has 1 saturated heterocycles. The first-order valence-corrected chi connectivity index (χ1v) is 6.39. The van der Waals surface area contributed by atoms with E-state index in [9.17, 15) is 14.3 Å². The summed E-state index contributed by atoms with van der Waals surface area (Å²) in [6.45, 7) is 4.47. The van der Waals surface area contributed by atoms with E-state index in [1.54, 1.807) is 6.07 Å². The minimum atomic E-state index is -0.998. The third-order valence-corrected chi connectivity index (χ3v) is 3.60. The predicted octanol–water partition coefficient (Wildman–Crippen LogP) is 1.77. The largest absolute Gasteiger partial charge is 0.508 e. The molecule has 20 heavy (non-hydrogen) atoms. The molecule has 1 aromatic rings. The van der Waals surface area contributed by atoms with Crippen LogP contribution in [-0.4, -0.2) is 46.4 Å². The van der Waals surface area contributed by atoms with Crippen LogP contribution in [0.2, 0.25) is 0 Å². The average molecular weight is 283 g/mol. The van der Waals surface area contributed by atoms with Gasteiger partial charge in [0.2, 0.25) is 0 Å². The molecule has 0 bridgehead atoms. The maximum Gasteiger partial charge on any atom is 0.329 e. The van der Waals surface area contributed by atoms with Crippen molar-refractivity contribution in [2.24, 2.45) is 0 Å². The molecule has 0 aromatic heterocycles. The number of nitrogens with zero attached hydrogens (tertiary/aromatic N) is 1. The topological polar surface area (TPSA) is 70.0 Å². The number of ether oxygens (including phenoxy) is 1. The summed E-state index contributed by atoms with van der Waals surface area (Å²) in [7, 11) is 0. The Labute approximate surface area is 116 Å². The van der Waals surface area contributed by atoms with Crippen LogP contribution >= 0.6 is 0 Å². The maximum atomic E-state index is 13.8. The molecule has 2 rings (SSSR count). The van der Waals surface area contributed by atoms with Crippen LogP contribution in [-0.2, 0) is 9.53 Å². The Kier molecular flexibility index (Phi) is 3.96. The van der Waals surface area contributed by atoms with E-state index in [2.05, 4.69) is 0 Å². The number of rotatable bonds is 5. The lowest BCUT2D eigenvalue weighted by Crippen LogP contribution is -2.62. The van der Waals surface area contributed by atoms with Gasteiger partial charge in [-0.05, 0) is 19.9 Å². The van der Waals surface area contributed by atoms with E-state index in [0.717, 1.165) is 6.07 Å². The number of aliphatic carboxylic acids is 1. The summed E-state index contributed by atoms with van der Waals surface area (Å²) in [5.41, 5.74) is 0.00290. The molecule has 5 nitrogen and oxygen atoms in total. The first kappa shape index (κ1) is 14.7. The smallest absolute Gasteiger partial charge is 0.329 e. The van der Waals surface area contributed by atoms with Gasteiger partial charge >= 0.3 is 5.97 Å². The molecule has 1 heterocycles. The fourth-order valence-corrected chi connectivity index (χ4v) is 2.47. The van der Waals surface area contributed by atoms with Gasteiger partial charge in [0.1, 0.15) is 18.2 Å². The number of carboxylic acid groups (broad SMARTS) is 1. The zero-order valence-corrected chi connectivity index (χ0v) is 11.5. The van der Waals surface area contributed by atoms with Crippen molar-refractivity contribution in [3.63, 3.8) is 0 Å². The Bertz CT molecular complexity index is 514. The van der Waals surface area contributed by atoms with Crippen molar-refractivity contribution in [2.75, 3.05) is 19.7 Å². The van der Waals surface area contributed by atoms with Crippen molar-refractivity contribution < 1.29 is 24.1 Å². The number of carboxylic acids is 1. The number of halogens is 1. The van der Waals surface area contributed by atoms with Crippen LogP contribution in [0, 0.1) is 5.82 Å². The fraction of sp³-hybridized carbons (Fsp3) is 0.500. The number of benzene rings is 1. The average Bonchev–Trinajstić information content (AvgIpc) is 2.32. The van der Waals surface area contributed by atoms with E-state index in [0.29, 0.717) is 18.7 Å². The molecular weight excluding hydrogens is 265 g/mol. The van der Waals surface area contributed by atoms with E-state index in [1.165, 1.54) is 6.07 Å². The van der Waals surface area contributed by atoms with Gasteiger partial charge in [-0.1, -0.05) is 6.07 Å². The summed E-state index contributed by atoms with van der Waals surface area (Å²) in [5, 5.41) is 17.8. The van der Waals surface area contributed by atoms with Crippen LogP contribution in [0.4, 0.5) is 4.39 Å². The summed E-state index contributed by atoms with van der Waals surface area (Å²) in [4.78, 5) is 12.5. The van der Waals surface area contributed by atoms with Crippen molar-refractivity contribution >= 4 is 5.97 Å². The summed E-state index contributed by atoms with van der Waals surface area (Å²) < 4.78 is 19.1. The third-order valence-electron chi connectivity index (χ3n) is 3.60. The SMILES string of the molecule is CC(c1ccc(O)cc1F)N1CC(C)(OCC(=O)O)C1. The maximum absolute atomic E-state index is 13.8. The molecule has 1 unspecified atom stereocenters. The van der Waals surface area contributed by atoms with Gasteiger partial charge in [-0.15, -0.1) is 0 Å². The number of aromatic hydroxyl groups is 1. The predicted molar refractivity (Wildman–Crippen MR) is 70.0 cm³/mol. The van der Waals surface area contributed by atoms with Crippen LogP contribution in [0.5, 0.6) is 5.75 Å². The lowest BCUT2D eigenvalue weighted by Gasteiger charge is -2.50. The van der Waals surface area contributed by atoms with Gasteiger partial charge in [0, 0.05) is 30.8 Å². The van der Waals surface area contributed by atoms with E-state index in [4.69, 9.17) is 9.84 Å². The Morgan fingerprint density at radius 2 is 2.20 bits per heavy atom. The molecule has 1 fully saturated rings. The minimum absolute atomic E-state index is 0.100. The number of hydrogen-bond acceptors (Lipinski definition) is 4. The number of likely N-dealkylation sites (tertiary alicyclic amines) is 1. The molecule has 110 valence electrons. The second-order valence-electron chi connectivity index (χ2n) is 5.42. The van der Waals surface area contributed by atoms with Crippen LogP contribution in [0.25, 0.3) is 0 Å². The monoisotopic (exact) mass is 283 g/mol. The van der Waals surface area contributed by atoms with Crippen molar-refractivity contribution in [1.82, 2.24) is 4.90 Å². The van der Waals surface area contributed by atoms with Gasteiger partial charge in [-0.25, -0.2) is 9.18 Å². The van der Waals surface area contributed by atoms with Crippen LogP contribution in [0.15, 0.2) is 18.2 Å². The highest BCUT2D eigenvalue weighted by molar-refractivity contribution is 5.68. The summed E-state index contributed by atoms with van der Waals surface area (Å²) in [6, 6.07) is 3.95. The molecule has 1 atom stereocenters. The second kappa shape index (κ2) is 5.38. The molecule has 0 saturated carbocycles. The molecule has 6 heteroatoms. The molecular formula is C14H18FNO4. The van der Waals surface area contributed by atoms with Gasteiger partial charge in [0.15, 0.2) is 0 Å². The molecule has 0 spiro atoms. The second-order valence-corrected chi connectivity index (χ2v) is 5.42. The van der Waals surface area contributed by atoms with Crippen LogP contribution < -0.4 is 0 Å². The van der Waals surface area contributed by atoms with Gasteiger partial charge < -0.3 is 14.9 Å². The Balaban J connectivity index is 1.96. The fourth-order valence-electron chi connectivity index (χ4n) is 2.47. The quantitative estimate of drug-likeness (QED) is 0.862. The van der Waals surface area contributed by atoms with Crippen molar-refractivity contribution in [3.8, 4) is 5.75 Å². The molecule has 1 aliphatic heterocycles. The normalized spacial score (nSPS) is 19.4. The highest BCUT2D eigenvalue weighted by Gasteiger charge is 2.42. The first-order valence-electron chi connectivity index (χ1n) is 6.39. The number of phenolic OH excluding ortho intramolecular Hbond substituents is 1. The van der Waals surface area contributed by atoms with Crippen LogP contribution in [0.1, 0.15) is 25.5 Å². The number of carbonyl (C=O) groups is 1. The van der Waals surface area contributed by atoms with Crippen molar-refractivity contribution in [2.45, 2.75) is 25.5 Å². The van der Waals surface area contributed by atoms with E-state index in [1.807, 2.05) is 18.7 Å². The van der Waals surface area contributed by atoms with Gasteiger partial charge in [-0.3, -0.25) is 4.90 Å². The molecule has 0 radical (unpaired) electrons. The Hall–Kier alpha value is -1.66. The van der Waals surface area contributed by atoms with E-state index >= 15 is 0 Å². The van der Waals surface area contributed by atoms with Crippen molar-refractivity contribution in [1.29, 1.82) is 0 Å². The highest BCUT2D eigenvalue weighted by Crippen LogP contribution is 2.34. The number of phenols is 1. The summed E-state index contributed by atoms with van der Waals surface area (Å²) >= 11 is 0. The van der Waals surface area contributed by atoms with Gasteiger partial charge in [0.05, 0.1) is 5.60 Å². The third kappa shape index (κ3) is 3.08. The Morgan fingerprint density at radius 1 is 1.55 bits per heavy atom. The standard InChI is InChI=1S/C14H18FNO4/c1-9(11-4-3-10(17)5-12(11)15)16-7-14(2,8-16)20-6-13(18)19/h3-5,9,17H,6-8H2,1-2H3,(H,18,19). The summed E-state index contributed by atoms with van der Waals surface area (Å²) in [6.07, 6.45) is 0. The molecule has 1 aliphatic rings. The molecule has 0 aliphatic carbocycles. The van der Waals surface area contributed by atoms with E-state index in [-0.39, 0.29) is 18.4 Å². The zero-order valence-electron chi connectivity index (χ0n) is 11.5. The minimum Gasteiger partial charge on any atom is -0.508 e. The lowest BCUT2D eigenvalue weighted by molar-refractivity contribution is -0.169. The van der Waals surface area contributed by atoms with Gasteiger partial charge in [0.25, 0.3) is 0 Å². The molecule has 2 N–H and O–H groups in total. The van der Waals surface area contributed by atoms with Gasteiger partial charge in [-0.2, -0.15) is 0 Å². The van der Waals surface area contributed by atoms with E-state index < -0.39 is 17.4 Å². The summed E-state index contributed by atoms with van der Waals surface area (Å²) in [5.74, 6) is -1.54. The molecule has 1 aromatic carbocycles. The van der Waals surface area contributed by atoms with Crippen LogP contribution in [0.3, 0.4) is 0 Å². The lowest BCUT2D eigenvalue weighted by atomic mass is 9.92.